The van der Waals surface area contributed by atoms with Crippen molar-refractivity contribution < 1.29 is 14.3 Å². The molecule has 0 saturated heterocycles. The van der Waals surface area contributed by atoms with Gasteiger partial charge in [-0.05, 0) is 34.9 Å². The Labute approximate surface area is 148 Å². The number of carbonyl (C=O) groups excluding carboxylic acids is 2. The van der Waals surface area contributed by atoms with E-state index in [0.717, 1.165) is 16.7 Å². The normalized spacial score (nSPS) is 10.3. The third-order valence-electron chi connectivity index (χ3n) is 3.81. The van der Waals surface area contributed by atoms with E-state index in [0.29, 0.717) is 31.7 Å². The first kappa shape index (κ1) is 18.7. The molecule has 2 aromatic carbocycles. The van der Waals surface area contributed by atoms with Crippen molar-refractivity contribution >= 4 is 11.8 Å². The number of carbonyl (C=O) groups is 2. The Morgan fingerprint density at radius 2 is 1.76 bits per heavy atom. The number of methoxy groups -OCH3 is 1. The molecule has 0 radical (unpaired) electrons. The number of nitrogens with one attached hydrogen (secondary N) is 2. The molecule has 0 aliphatic rings. The van der Waals surface area contributed by atoms with Crippen LogP contribution in [0.4, 0.5) is 0 Å². The zero-order chi connectivity index (χ0) is 18.1. The summed E-state index contributed by atoms with van der Waals surface area (Å²) >= 11 is 0. The first-order valence-electron chi connectivity index (χ1n) is 8.37. The second-order valence-corrected chi connectivity index (χ2v) is 5.66. The fourth-order valence-corrected chi connectivity index (χ4v) is 2.37. The molecule has 2 amide bonds. The predicted molar refractivity (Wildman–Crippen MR) is 98.2 cm³/mol. The minimum absolute atomic E-state index is 0.0363. The Morgan fingerprint density at radius 3 is 2.44 bits per heavy atom. The van der Waals surface area contributed by atoms with Gasteiger partial charge in [0.15, 0.2) is 0 Å². The number of hydrogen-bond donors (Lipinski definition) is 2. The molecule has 5 heteroatoms. The van der Waals surface area contributed by atoms with E-state index in [1.807, 2.05) is 55.5 Å². The van der Waals surface area contributed by atoms with Crippen LogP contribution in [0.1, 0.15) is 29.3 Å². The minimum atomic E-state index is -0.111. The van der Waals surface area contributed by atoms with Crippen LogP contribution >= 0.6 is 0 Å². The highest BCUT2D eigenvalue weighted by atomic mass is 16.5. The average Bonchev–Trinajstić information content (AvgIpc) is 2.66. The molecule has 0 heterocycles. The molecular weight excluding hydrogens is 316 g/mol. The van der Waals surface area contributed by atoms with Crippen LogP contribution in [0.25, 0.3) is 11.1 Å². The molecule has 2 aromatic rings. The van der Waals surface area contributed by atoms with E-state index < -0.39 is 0 Å². The third kappa shape index (κ3) is 5.72. The highest BCUT2D eigenvalue weighted by molar-refractivity contribution is 5.94. The molecule has 0 spiro atoms. The van der Waals surface area contributed by atoms with Crippen molar-refractivity contribution in [1.82, 2.24) is 10.6 Å². The van der Waals surface area contributed by atoms with E-state index in [1.165, 1.54) is 0 Å². The first-order chi connectivity index (χ1) is 12.1. The number of rotatable bonds is 8. The van der Waals surface area contributed by atoms with E-state index in [-0.39, 0.29) is 11.8 Å². The molecule has 132 valence electrons. The fourth-order valence-electron chi connectivity index (χ4n) is 2.37. The van der Waals surface area contributed by atoms with Gasteiger partial charge in [-0.1, -0.05) is 37.3 Å². The second-order valence-electron chi connectivity index (χ2n) is 5.66. The van der Waals surface area contributed by atoms with Crippen LogP contribution in [-0.2, 0) is 16.1 Å². The molecule has 2 N–H and O–H groups in total. The lowest BCUT2D eigenvalue weighted by Crippen LogP contribution is -2.26. The molecule has 0 aliphatic heterocycles. The maximum Gasteiger partial charge on any atom is 0.251 e. The van der Waals surface area contributed by atoms with E-state index in [9.17, 15) is 9.59 Å². The van der Waals surface area contributed by atoms with E-state index >= 15 is 0 Å². The number of amides is 2. The quantitative estimate of drug-likeness (QED) is 0.726. The predicted octanol–water partition coefficient (Wildman–Crippen LogP) is 2.76. The number of hydrogen-bond acceptors (Lipinski definition) is 3. The Balaban J connectivity index is 2.04. The van der Waals surface area contributed by atoms with Gasteiger partial charge < -0.3 is 15.4 Å². The largest absolute Gasteiger partial charge is 0.383 e. The molecular formula is C20H24N2O3. The molecule has 0 saturated carbocycles. The fraction of sp³-hybridized carbons (Fsp3) is 0.300. The molecule has 0 aromatic heterocycles. The van der Waals surface area contributed by atoms with Crippen LogP contribution in [0.5, 0.6) is 0 Å². The summed E-state index contributed by atoms with van der Waals surface area (Å²) < 4.78 is 4.92. The molecule has 0 atom stereocenters. The highest BCUT2D eigenvalue weighted by Crippen LogP contribution is 2.21. The summed E-state index contributed by atoms with van der Waals surface area (Å²) in [5.74, 6) is -0.0751. The van der Waals surface area contributed by atoms with E-state index in [1.54, 1.807) is 7.11 Å². The van der Waals surface area contributed by atoms with Crippen molar-refractivity contribution in [2.24, 2.45) is 0 Å². The Hall–Kier alpha value is -2.66. The van der Waals surface area contributed by atoms with Gasteiger partial charge >= 0.3 is 0 Å². The van der Waals surface area contributed by atoms with Crippen LogP contribution in [0.3, 0.4) is 0 Å². The van der Waals surface area contributed by atoms with Gasteiger partial charge in [0.05, 0.1) is 6.61 Å². The molecule has 0 aliphatic carbocycles. The monoisotopic (exact) mass is 340 g/mol. The van der Waals surface area contributed by atoms with Crippen LogP contribution < -0.4 is 10.6 Å². The summed E-state index contributed by atoms with van der Waals surface area (Å²) in [5.41, 5.74) is 3.73. The van der Waals surface area contributed by atoms with Gasteiger partial charge in [0.2, 0.25) is 5.91 Å². The van der Waals surface area contributed by atoms with Gasteiger partial charge in [-0.15, -0.1) is 0 Å². The van der Waals surface area contributed by atoms with Crippen molar-refractivity contribution in [2.75, 3.05) is 20.3 Å². The van der Waals surface area contributed by atoms with Crippen LogP contribution in [0, 0.1) is 0 Å². The summed E-state index contributed by atoms with van der Waals surface area (Å²) in [6, 6.07) is 15.5. The van der Waals surface area contributed by atoms with Gasteiger partial charge in [-0.3, -0.25) is 9.59 Å². The smallest absolute Gasteiger partial charge is 0.251 e. The minimum Gasteiger partial charge on any atom is -0.383 e. The molecule has 5 nitrogen and oxygen atoms in total. The van der Waals surface area contributed by atoms with Gasteiger partial charge in [-0.25, -0.2) is 0 Å². The first-order valence-corrected chi connectivity index (χ1v) is 8.37. The Morgan fingerprint density at radius 1 is 1.00 bits per heavy atom. The van der Waals surface area contributed by atoms with Crippen LogP contribution in [0.2, 0.25) is 0 Å². The summed E-state index contributed by atoms with van der Waals surface area (Å²) in [4.78, 5) is 23.4. The van der Waals surface area contributed by atoms with Crippen molar-refractivity contribution in [3.63, 3.8) is 0 Å². The SMILES string of the molecule is CCC(=O)NCc1cccc(-c2ccc(C(=O)NCCOC)cc2)c1. The molecule has 0 bridgehead atoms. The van der Waals surface area contributed by atoms with Crippen molar-refractivity contribution in [2.45, 2.75) is 19.9 Å². The number of benzene rings is 2. The molecule has 2 rings (SSSR count). The maximum absolute atomic E-state index is 12.0. The standard InChI is InChI=1S/C20H24N2O3/c1-3-19(23)22-14-15-5-4-6-18(13-15)16-7-9-17(10-8-16)20(24)21-11-12-25-2/h4-10,13H,3,11-12,14H2,1-2H3,(H,21,24)(H,22,23). The lowest BCUT2D eigenvalue weighted by Gasteiger charge is -2.08. The van der Waals surface area contributed by atoms with Crippen molar-refractivity contribution in [3.8, 4) is 11.1 Å². The second kappa shape index (κ2) is 9.59. The summed E-state index contributed by atoms with van der Waals surface area (Å²) in [7, 11) is 1.60. The highest BCUT2D eigenvalue weighted by Gasteiger charge is 2.06. The zero-order valence-corrected chi connectivity index (χ0v) is 14.7. The summed E-state index contributed by atoms with van der Waals surface area (Å²) in [5, 5.41) is 5.67. The van der Waals surface area contributed by atoms with Gasteiger partial charge in [0.25, 0.3) is 5.91 Å². The van der Waals surface area contributed by atoms with Gasteiger partial charge in [0.1, 0.15) is 0 Å². The lowest BCUT2D eigenvalue weighted by molar-refractivity contribution is -0.120. The summed E-state index contributed by atoms with van der Waals surface area (Å²) in [6.45, 7) is 3.33. The molecule has 0 unspecified atom stereocenters. The van der Waals surface area contributed by atoms with Gasteiger partial charge in [-0.2, -0.15) is 0 Å². The lowest BCUT2D eigenvalue weighted by atomic mass is 10.0. The van der Waals surface area contributed by atoms with Crippen LogP contribution in [-0.4, -0.2) is 32.1 Å². The van der Waals surface area contributed by atoms with Crippen molar-refractivity contribution in [1.29, 1.82) is 0 Å². The van der Waals surface area contributed by atoms with E-state index in [2.05, 4.69) is 10.6 Å². The zero-order valence-electron chi connectivity index (χ0n) is 14.7. The average molecular weight is 340 g/mol. The van der Waals surface area contributed by atoms with Crippen LogP contribution in [0.15, 0.2) is 48.5 Å². The molecule has 0 fully saturated rings. The van der Waals surface area contributed by atoms with Gasteiger partial charge in [0, 0.05) is 32.2 Å². The van der Waals surface area contributed by atoms with Crippen molar-refractivity contribution in [3.05, 3.63) is 59.7 Å². The topological polar surface area (TPSA) is 67.4 Å². The number of ether oxygens (including phenoxy) is 1. The molecule has 25 heavy (non-hydrogen) atoms. The maximum atomic E-state index is 12.0. The van der Waals surface area contributed by atoms with E-state index in [4.69, 9.17) is 4.74 Å². The third-order valence-corrected chi connectivity index (χ3v) is 3.81. The Bertz CT molecular complexity index is 711. The summed E-state index contributed by atoms with van der Waals surface area (Å²) in [6.07, 6.45) is 0.480. The Kier molecular flexibility index (Phi) is 7.16.